The van der Waals surface area contributed by atoms with Gasteiger partial charge in [0.25, 0.3) is 0 Å². The van der Waals surface area contributed by atoms with Crippen molar-refractivity contribution in [2.75, 3.05) is 6.54 Å². The summed E-state index contributed by atoms with van der Waals surface area (Å²) in [4.78, 5) is 0. The summed E-state index contributed by atoms with van der Waals surface area (Å²) in [5.74, 6) is 0.543. The summed E-state index contributed by atoms with van der Waals surface area (Å²) in [6, 6.07) is 2.37. The normalized spacial score (nSPS) is 24.4. The fraction of sp³-hybridized carbons (Fsp3) is 0.900. The quantitative estimate of drug-likeness (QED) is 0.682. The Kier molecular flexibility index (Phi) is 3.11. The van der Waals surface area contributed by atoms with Crippen LogP contribution in [-0.4, -0.2) is 6.54 Å². The molecule has 2 heteroatoms. The van der Waals surface area contributed by atoms with Gasteiger partial charge in [-0.2, -0.15) is 5.26 Å². The van der Waals surface area contributed by atoms with Crippen molar-refractivity contribution in [2.24, 2.45) is 17.1 Å². The lowest BCUT2D eigenvalue weighted by Crippen LogP contribution is -2.35. The van der Waals surface area contributed by atoms with E-state index in [-0.39, 0.29) is 5.41 Å². The van der Waals surface area contributed by atoms with E-state index in [0.717, 1.165) is 0 Å². The van der Waals surface area contributed by atoms with Crippen LogP contribution in [0.4, 0.5) is 0 Å². The summed E-state index contributed by atoms with van der Waals surface area (Å²) < 4.78 is 0. The van der Waals surface area contributed by atoms with Gasteiger partial charge in [-0.1, -0.05) is 19.3 Å². The molecule has 2 nitrogen and oxygen atoms in total. The molecule has 0 aliphatic heterocycles. The van der Waals surface area contributed by atoms with E-state index in [9.17, 15) is 0 Å². The van der Waals surface area contributed by atoms with Crippen molar-refractivity contribution >= 4 is 0 Å². The van der Waals surface area contributed by atoms with Crippen molar-refractivity contribution in [3.05, 3.63) is 0 Å². The molecule has 0 amide bonds. The van der Waals surface area contributed by atoms with Gasteiger partial charge in [-0.25, -0.2) is 0 Å². The van der Waals surface area contributed by atoms with E-state index in [0.29, 0.717) is 12.5 Å². The Morgan fingerprint density at radius 1 is 1.42 bits per heavy atom. The minimum absolute atomic E-state index is 0.263. The van der Waals surface area contributed by atoms with Crippen LogP contribution in [0.2, 0.25) is 0 Å². The molecule has 0 heterocycles. The average Bonchev–Trinajstić information content (AvgIpc) is 2.18. The molecular weight excluding hydrogens is 148 g/mol. The second-order valence-electron chi connectivity index (χ2n) is 4.07. The first-order valence-electron chi connectivity index (χ1n) is 4.84. The monoisotopic (exact) mass is 166 g/mol. The summed E-state index contributed by atoms with van der Waals surface area (Å²) in [6.45, 7) is 2.51. The highest BCUT2D eigenvalue weighted by molar-refractivity contribution is 5.01. The van der Waals surface area contributed by atoms with E-state index in [1.165, 1.54) is 32.1 Å². The van der Waals surface area contributed by atoms with Gasteiger partial charge in [-0.05, 0) is 25.7 Å². The Balaban J connectivity index is 2.59. The Bertz CT molecular complexity index is 177. The van der Waals surface area contributed by atoms with Crippen molar-refractivity contribution in [2.45, 2.75) is 39.0 Å². The van der Waals surface area contributed by atoms with Crippen LogP contribution in [0, 0.1) is 22.7 Å². The molecule has 2 N–H and O–H groups in total. The second-order valence-corrected chi connectivity index (χ2v) is 4.07. The molecule has 1 aliphatic rings. The number of hydrogen-bond donors (Lipinski definition) is 1. The van der Waals surface area contributed by atoms with Gasteiger partial charge in [0, 0.05) is 6.54 Å². The first-order chi connectivity index (χ1) is 5.73. The van der Waals surface area contributed by atoms with Crippen LogP contribution in [0.15, 0.2) is 0 Å². The van der Waals surface area contributed by atoms with Gasteiger partial charge in [0.15, 0.2) is 0 Å². The number of nitriles is 1. The minimum atomic E-state index is -0.263. The molecule has 0 aromatic rings. The summed E-state index contributed by atoms with van der Waals surface area (Å²) >= 11 is 0. The fourth-order valence-electron chi connectivity index (χ4n) is 2.04. The highest BCUT2D eigenvalue weighted by atomic mass is 14.6. The summed E-state index contributed by atoms with van der Waals surface area (Å²) in [5.41, 5.74) is 5.36. The summed E-state index contributed by atoms with van der Waals surface area (Å²) in [6.07, 6.45) is 6.29. The van der Waals surface area contributed by atoms with Gasteiger partial charge in [0.1, 0.15) is 0 Å². The molecule has 1 unspecified atom stereocenters. The van der Waals surface area contributed by atoms with Crippen LogP contribution >= 0.6 is 0 Å². The van der Waals surface area contributed by atoms with Crippen LogP contribution in [0.25, 0.3) is 0 Å². The van der Waals surface area contributed by atoms with Crippen molar-refractivity contribution in [3.63, 3.8) is 0 Å². The van der Waals surface area contributed by atoms with Crippen molar-refractivity contribution in [1.82, 2.24) is 0 Å². The van der Waals surface area contributed by atoms with Crippen LogP contribution < -0.4 is 5.73 Å². The molecule has 0 spiro atoms. The molecular formula is C10H18N2. The molecule has 0 saturated heterocycles. The molecule has 0 radical (unpaired) electrons. The SMILES string of the molecule is CC(C#N)(CN)C1CCCCC1. The van der Waals surface area contributed by atoms with Gasteiger partial charge in [0.05, 0.1) is 11.5 Å². The molecule has 0 bridgehead atoms. The standard InChI is InChI=1S/C10H18N2/c1-10(7-11,8-12)9-5-3-2-4-6-9/h9H,2-7,11H2,1H3. The molecule has 1 saturated carbocycles. The zero-order chi connectivity index (χ0) is 9.03. The van der Waals surface area contributed by atoms with E-state index < -0.39 is 0 Å². The second kappa shape index (κ2) is 3.91. The van der Waals surface area contributed by atoms with Crippen molar-refractivity contribution in [3.8, 4) is 6.07 Å². The highest BCUT2D eigenvalue weighted by Gasteiger charge is 2.33. The van der Waals surface area contributed by atoms with Crippen LogP contribution in [0.1, 0.15) is 39.0 Å². The maximum Gasteiger partial charge on any atom is 0.0703 e. The smallest absolute Gasteiger partial charge is 0.0703 e. The van der Waals surface area contributed by atoms with Crippen molar-refractivity contribution < 1.29 is 0 Å². The number of nitrogens with two attached hydrogens (primary N) is 1. The van der Waals surface area contributed by atoms with E-state index >= 15 is 0 Å². The van der Waals surface area contributed by atoms with Crippen LogP contribution in [0.3, 0.4) is 0 Å². The molecule has 68 valence electrons. The molecule has 0 aromatic carbocycles. The highest BCUT2D eigenvalue weighted by Crippen LogP contribution is 2.37. The van der Waals surface area contributed by atoms with Gasteiger partial charge < -0.3 is 5.73 Å². The third-order valence-electron chi connectivity index (χ3n) is 3.19. The largest absolute Gasteiger partial charge is 0.329 e. The predicted molar refractivity (Wildman–Crippen MR) is 49.3 cm³/mol. The van der Waals surface area contributed by atoms with Crippen molar-refractivity contribution in [1.29, 1.82) is 5.26 Å². The number of hydrogen-bond acceptors (Lipinski definition) is 2. The van der Waals surface area contributed by atoms with E-state index in [2.05, 4.69) is 6.07 Å². The molecule has 1 rings (SSSR count). The topological polar surface area (TPSA) is 49.8 Å². The van der Waals surface area contributed by atoms with Gasteiger partial charge in [-0.3, -0.25) is 0 Å². The molecule has 1 atom stereocenters. The molecule has 1 fully saturated rings. The fourth-order valence-corrected chi connectivity index (χ4v) is 2.04. The maximum absolute atomic E-state index is 9.01. The maximum atomic E-state index is 9.01. The molecule has 12 heavy (non-hydrogen) atoms. The lowest BCUT2D eigenvalue weighted by atomic mass is 9.71. The minimum Gasteiger partial charge on any atom is -0.329 e. The van der Waals surface area contributed by atoms with Gasteiger partial charge >= 0.3 is 0 Å². The molecule has 1 aliphatic carbocycles. The lowest BCUT2D eigenvalue weighted by Gasteiger charge is -2.33. The first kappa shape index (κ1) is 9.54. The number of rotatable bonds is 2. The third kappa shape index (κ3) is 1.78. The zero-order valence-electron chi connectivity index (χ0n) is 7.84. The van der Waals surface area contributed by atoms with E-state index in [1.54, 1.807) is 0 Å². The van der Waals surface area contributed by atoms with E-state index in [1.807, 2.05) is 6.92 Å². The zero-order valence-corrected chi connectivity index (χ0v) is 7.84. The third-order valence-corrected chi connectivity index (χ3v) is 3.19. The first-order valence-corrected chi connectivity index (χ1v) is 4.84. The van der Waals surface area contributed by atoms with Gasteiger partial charge in [-0.15, -0.1) is 0 Å². The van der Waals surface area contributed by atoms with Gasteiger partial charge in [0.2, 0.25) is 0 Å². The summed E-state index contributed by atoms with van der Waals surface area (Å²) in [7, 11) is 0. The Morgan fingerprint density at radius 3 is 2.42 bits per heavy atom. The Hall–Kier alpha value is -0.550. The predicted octanol–water partition coefficient (Wildman–Crippen LogP) is 2.06. The summed E-state index contributed by atoms with van der Waals surface area (Å²) in [5, 5.41) is 9.01. The average molecular weight is 166 g/mol. The Labute approximate surface area is 74.8 Å². The number of nitrogens with zero attached hydrogens (tertiary/aromatic N) is 1. The Morgan fingerprint density at radius 2 is 2.00 bits per heavy atom. The van der Waals surface area contributed by atoms with Crippen LogP contribution in [0.5, 0.6) is 0 Å². The molecule has 0 aromatic heterocycles. The van der Waals surface area contributed by atoms with Crippen LogP contribution in [-0.2, 0) is 0 Å². The van der Waals surface area contributed by atoms with E-state index in [4.69, 9.17) is 11.0 Å². The lowest BCUT2D eigenvalue weighted by molar-refractivity contribution is 0.205.